The smallest absolute Gasteiger partial charge is 0.173 e. The first-order valence-electron chi connectivity index (χ1n) is 11.1. The van der Waals surface area contributed by atoms with Gasteiger partial charge in [0.1, 0.15) is 11.6 Å². The number of hydrogen-bond acceptors (Lipinski definition) is 6. The Labute approximate surface area is 187 Å². The third kappa shape index (κ3) is 4.39. The summed E-state index contributed by atoms with van der Waals surface area (Å²) in [5.41, 5.74) is 5.85. The van der Waals surface area contributed by atoms with Crippen LogP contribution in [0.25, 0.3) is 11.3 Å². The third-order valence-electron chi connectivity index (χ3n) is 6.06. The highest BCUT2D eigenvalue weighted by molar-refractivity contribution is 5.97. The van der Waals surface area contributed by atoms with Crippen LogP contribution in [0.5, 0.6) is 5.75 Å². The van der Waals surface area contributed by atoms with Crippen molar-refractivity contribution in [3.8, 4) is 17.0 Å². The predicted octanol–water partition coefficient (Wildman–Crippen LogP) is 4.22. The quantitative estimate of drug-likeness (QED) is 0.605. The maximum atomic E-state index is 13.7. The molecule has 4 heterocycles. The summed E-state index contributed by atoms with van der Waals surface area (Å²) in [6.07, 6.45) is 8.05. The minimum Gasteiger partial charge on any atom is -0.496 e. The topological polar surface area (TPSA) is 63.5 Å². The Kier molecular flexibility index (Phi) is 5.90. The van der Waals surface area contributed by atoms with Crippen LogP contribution in [-0.4, -0.2) is 45.8 Å². The minimum atomic E-state index is -0.306. The van der Waals surface area contributed by atoms with E-state index in [1.807, 2.05) is 24.5 Å². The van der Waals surface area contributed by atoms with E-state index in [-0.39, 0.29) is 5.82 Å². The van der Waals surface area contributed by atoms with E-state index in [1.165, 1.54) is 24.1 Å². The highest BCUT2D eigenvalue weighted by Gasteiger charge is 2.20. The zero-order chi connectivity index (χ0) is 21.9. The van der Waals surface area contributed by atoms with Gasteiger partial charge in [0.15, 0.2) is 5.82 Å². The van der Waals surface area contributed by atoms with Gasteiger partial charge >= 0.3 is 0 Å². The molecule has 2 aliphatic rings. The van der Waals surface area contributed by atoms with Gasteiger partial charge in [-0.25, -0.2) is 14.4 Å². The Bertz CT molecular complexity index is 1150. The molecule has 7 heteroatoms. The van der Waals surface area contributed by atoms with E-state index in [0.717, 1.165) is 68.2 Å². The SMILES string of the molecule is COc1ccc(F)cc1-c1ccc(CN2CCc3nc(C4=NCCCC4)ncc3C2)cn1. The molecule has 1 aromatic carbocycles. The first-order chi connectivity index (χ1) is 15.7. The second kappa shape index (κ2) is 9.12. The van der Waals surface area contributed by atoms with Gasteiger partial charge in [0.05, 0.1) is 24.2 Å². The van der Waals surface area contributed by atoms with E-state index in [0.29, 0.717) is 17.0 Å². The molecule has 0 fully saturated rings. The van der Waals surface area contributed by atoms with Crippen LogP contribution in [0.4, 0.5) is 4.39 Å². The fourth-order valence-electron chi connectivity index (χ4n) is 4.34. The van der Waals surface area contributed by atoms with E-state index in [1.54, 1.807) is 13.2 Å². The molecule has 0 spiro atoms. The standard InChI is InChI=1S/C25H26FN5O/c1-32-24-8-6-19(26)12-20(24)22-7-5-17(13-28-22)15-31-11-9-21-18(16-31)14-29-25(30-21)23-4-2-3-10-27-23/h5-8,12-14H,2-4,9-11,15-16H2,1H3. The number of methoxy groups -OCH3 is 1. The molecule has 0 aliphatic carbocycles. The van der Waals surface area contributed by atoms with E-state index in [9.17, 15) is 4.39 Å². The summed E-state index contributed by atoms with van der Waals surface area (Å²) < 4.78 is 19.1. The molecule has 2 aliphatic heterocycles. The van der Waals surface area contributed by atoms with Crippen molar-refractivity contribution in [1.82, 2.24) is 19.9 Å². The number of aliphatic imine (C=N–C) groups is 1. The molecule has 0 saturated carbocycles. The van der Waals surface area contributed by atoms with Gasteiger partial charge in [0, 0.05) is 56.1 Å². The number of hydrogen-bond donors (Lipinski definition) is 0. The van der Waals surface area contributed by atoms with Gasteiger partial charge < -0.3 is 4.74 Å². The van der Waals surface area contributed by atoms with Crippen LogP contribution < -0.4 is 4.74 Å². The largest absolute Gasteiger partial charge is 0.496 e. The number of pyridine rings is 1. The number of benzene rings is 1. The monoisotopic (exact) mass is 431 g/mol. The average Bonchev–Trinajstić information content (AvgIpc) is 2.85. The van der Waals surface area contributed by atoms with Crippen LogP contribution in [0.2, 0.25) is 0 Å². The first-order valence-corrected chi connectivity index (χ1v) is 11.1. The second-order valence-corrected chi connectivity index (χ2v) is 8.31. The summed E-state index contributed by atoms with van der Waals surface area (Å²) in [6.45, 7) is 3.45. The molecule has 3 aromatic rings. The maximum Gasteiger partial charge on any atom is 0.173 e. The summed E-state index contributed by atoms with van der Waals surface area (Å²) in [5, 5.41) is 0. The summed E-state index contributed by atoms with van der Waals surface area (Å²) in [5.74, 6) is 1.11. The molecule has 0 bridgehead atoms. The van der Waals surface area contributed by atoms with Crippen LogP contribution in [-0.2, 0) is 19.5 Å². The normalized spacial score (nSPS) is 16.4. The van der Waals surface area contributed by atoms with E-state index in [4.69, 9.17) is 9.72 Å². The number of fused-ring (bicyclic) bond motifs is 1. The summed E-state index contributed by atoms with van der Waals surface area (Å²) in [4.78, 5) is 21.0. The molecule has 0 amide bonds. The Hall–Kier alpha value is -3.19. The minimum absolute atomic E-state index is 0.306. The van der Waals surface area contributed by atoms with Crippen LogP contribution in [0.1, 0.15) is 41.9 Å². The Morgan fingerprint density at radius 3 is 2.78 bits per heavy atom. The van der Waals surface area contributed by atoms with Gasteiger partial charge in [-0.3, -0.25) is 14.9 Å². The van der Waals surface area contributed by atoms with Gasteiger partial charge in [-0.2, -0.15) is 0 Å². The molecule has 5 rings (SSSR count). The Morgan fingerprint density at radius 2 is 2.00 bits per heavy atom. The lowest BCUT2D eigenvalue weighted by Crippen LogP contribution is -2.31. The second-order valence-electron chi connectivity index (χ2n) is 8.31. The number of rotatable bonds is 5. The van der Waals surface area contributed by atoms with E-state index < -0.39 is 0 Å². The average molecular weight is 432 g/mol. The van der Waals surface area contributed by atoms with Crippen LogP contribution in [0.3, 0.4) is 0 Å². The molecule has 0 atom stereocenters. The Morgan fingerprint density at radius 1 is 1.06 bits per heavy atom. The van der Waals surface area contributed by atoms with Crippen LogP contribution in [0.15, 0.2) is 47.7 Å². The lowest BCUT2D eigenvalue weighted by atomic mass is 10.0. The molecule has 0 saturated heterocycles. The zero-order valence-corrected chi connectivity index (χ0v) is 18.2. The number of aromatic nitrogens is 3. The molecule has 0 unspecified atom stereocenters. The fraction of sp³-hybridized carbons (Fsp3) is 0.360. The highest BCUT2D eigenvalue weighted by Crippen LogP contribution is 2.29. The molecule has 0 radical (unpaired) electrons. The molecule has 6 nitrogen and oxygen atoms in total. The fourth-order valence-corrected chi connectivity index (χ4v) is 4.34. The third-order valence-corrected chi connectivity index (χ3v) is 6.06. The number of ether oxygens (including phenoxy) is 1. The van der Waals surface area contributed by atoms with Crippen molar-refractivity contribution >= 4 is 5.71 Å². The van der Waals surface area contributed by atoms with Crippen molar-refractivity contribution in [2.45, 2.75) is 38.8 Å². The van der Waals surface area contributed by atoms with E-state index >= 15 is 0 Å². The molecule has 0 N–H and O–H groups in total. The summed E-state index contributed by atoms with van der Waals surface area (Å²) in [6, 6.07) is 8.43. The highest BCUT2D eigenvalue weighted by atomic mass is 19.1. The van der Waals surface area contributed by atoms with Crippen LogP contribution >= 0.6 is 0 Å². The molecule has 2 aromatic heterocycles. The van der Waals surface area contributed by atoms with Crippen molar-refractivity contribution in [1.29, 1.82) is 0 Å². The number of nitrogens with zero attached hydrogens (tertiary/aromatic N) is 5. The molecular weight excluding hydrogens is 405 g/mol. The van der Waals surface area contributed by atoms with Gasteiger partial charge in [-0.1, -0.05) is 6.07 Å². The molecular formula is C25H26FN5O. The van der Waals surface area contributed by atoms with Crippen LogP contribution in [0, 0.1) is 5.82 Å². The van der Waals surface area contributed by atoms with Crippen molar-refractivity contribution in [3.05, 3.63) is 71.2 Å². The lowest BCUT2D eigenvalue weighted by molar-refractivity contribution is 0.242. The van der Waals surface area contributed by atoms with Crippen molar-refractivity contribution in [2.24, 2.45) is 4.99 Å². The van der Waals surface area contributed by atoms with Gasteiger partial charge in [0.25, 0.3) is 0 Å². The van der Waals surface area contributed by atoms with Crippen molar-refractivity contribution in [3.63, 3.8) is 0 Å². The summed E-state index contributed by atoms with van der Waals surface area (Å²) >= 11 is 0. The molecule has 164 valence electrons. The van der Waals surface area contributed by atoms with E-state index in [2.05, 4.69) is 19.9 Å². The van der Waals surface area contributed by atoms with Gasteiger partial charge in [-0.05, 0) is 49.1 Å². The first kappa shape index (κ1) is 20.7. The predicted molar refractivity (Wildman–Crippen MR) is 121 cm³/mol. The zero-order valence-electron chi connectivity index (χ0n) is 18.2. The number of halogens is 1. The lowest BCUT2D eigenvalue weighted by Gasteiger charge is -2.28. The molecule has 32 heavy (non-hydrogen) atoms. The maximum absolute atomic E-state index is 13.7. The van der Waals surface area contributed by atoms with Crippen molar-refractivity contribution < 1.29 is 9.13 Å². The Balaban J connectivity index is 1.27. The van der Waals surface area contributed by atoms with Gasteiger partial charge in [0.2, 0.25) is 0 Å². The summed E-state index contributed by atoms with van der Waals surface area (Å²) in [7, 11) is 1.58. The van der Waals surface area contributed by atoms with Crippen molar-refractivity contribution in [2.75, 3.05) is 20.2 Å². The van der Waals surface area contributed by atoms with Gasteiger partial charge in [-0.15, -0.1) is 0 Å².